The monoisotopic (exact) mass is 356 g/mol. The van der Waals surface area contributed by atoms with Crippen molar-refractivity contribution >= 4 is 33.6 Å². The van der Waals surface area contributed by atoms with Crippen molar-refractivity contribution in [3.8, 4) is 5.75 Å². The van der Waals surface area contributed by atoms with Crippen molar-refractivity contribution in [3.05, 3.63) is 22.7 Å². The summed E-state index contributed by atoms with van der Waals surface area (Å²) in [6.45, 7) is 5.30. The zero-order chi connectivity index (χ0) is 15.6. The van der Waals surface area contributed by atoms with Crippen LogP contribution in [0.4, 0.5) is 10.5 Å². The third-order valence-corrected chi connectivity index (χ3v) is 3.30. The molecule has 0 unspecified atom stereocenters. The van der Waals surface area contributed by atoms with E-state index in [1.165, 1.54) is 0 Å². The fourth-order valence-electron chi connectivity index (χ4n) is 1.76. The molecule has 7 heteroatoms. The van der Waals surface area contributed by atoms with Crippen molar-refractivity contribution in [3.63, 3.8) is 0 Å². The van der Waals surface area contributed by atoms with Gasteiger partial charge in [0, 0.05) is 4.47 Å². The highest BCUT2D eigenvalue weighted by molar-refractivity contribution is 9.10. The summed E-state index contributed by atoms with van der Waals surface area (Å²) >= 11 is 3.35. The lowest BCUT2D eigenvalue weighted by molar-refractivity contribution is -0.118. The van der Waals surface area contributed by atoms with E-state index in [0.29, 0.717) is 15.9 Å². The molecule has 6 nitrogen and oxygen atoms in total. The van der Waals surface area contributed by atoms with Crippen LogP contribution >= 0.6 is 15.9 Å². The maximum absolute atomic E-state index is 12.1. The van der Waals surface area contributed by atoms with Crippen molar-refractivity contribution in [2.45, 2.75) is 32.4 Å². The summed E-state index contributed by atoms with van der Waals surface area (Å²) in [5, 5.41) is 5.23. The largest absolute Gasteiger partial charge is 0.489 e. The molecule has 1 aromatic carbocycles. The third-order valence-electron chi connectivity index (χ3n) is 2.64. The van der Waals surface area contributed by atoms with E-state index in [1.54, 1.807) is 39.0 Å². The van der Waals surface area contributed by atoms with Gasteiger partial charge in [-0.3, -0.25) is 4.79 Å². The molecule has 2 rings (SSSR count). The second kappa shape index (κ2) is 5.93. The van der Waals surface area contributed by atoms with Gasteiger partial charge in [-0.1, -0.05) is 6.07 Å². The standard InChI is InChI=1S/C14H17BrN2O4/c1-14(2,3)21-13(19)16-9-7-20-10-6-4-5-8(15)11(10)17-12(9)18/h4-6,9H,7H2,1-3H3,(H,16,19)(H,17,18)/t9-/m0/s1. The number of rotatable bonds is 1. The minimum absolute atomic E-state index is 0.0362. The van der Waals surface area contributed by atoms with Gasteiger partial charge in [0.1, 0.15) is 24.0 Å². The first-order valence-corrected chi connectivity index (χ1v) is 7.27. The molecule has 1 heterocycles. The molecule has 1 aliphatic rings. The summed E-state index contributed by atoms with van der Waals surface area (Å²) in [4.78, 5) is 23.9. The van der Waals surface area contributed by atoms with E-state index in [-0.39, 0.29) is 12.5 Å². The van der Waals surface area contributed by atoms with Crippen LogP contribution in [0.5, 0.6) is 5.75 Å². The normalized spacial score (nSPS) is 17.9. The maximum Gasteiger partial charge on any atom is 0.408 e. The Morgan fingerprint density at radius 2 is 2.19 bits per heavy atom. The Balaban J connectivity index is 2.07. The number of para-hydroxylation sites is 1. The smallest absolute Gasteiger partial charge is 0.408 e. The molecule has 2 N–H and O–H groups in total. The molecule has 1 aromatic rings. The summed E-state index contributed by atoms with van der Waals surface area (Å²) in [6.07, 6.45) is -0.656. The number of ether oxygens (including phenoxy) is 2. The zero-order valence-electron chi connectivity index (χ0n) is 12.0. The lowest BCUT2D eigenvalue weighted by atomic mass is 10.2. The van der Waals surface area contributed by atoms with Crippen molar-refractivity contribution < 1.29 is 19.1 Å². The molecule has 0 saturated heterocycles. The molecule has 0 radical (unpaired) electrons. The highest BCUT2D eigenvalue weighted by Gasteiger charge is 2.29. The van der Waals surface area contributed by atoms with Crippen LogP contribution in [-0.4, -0.2) is 30.3 Å². The first kappa shape index (κ1) is 15.6. The molecular weight excluding hydrogens is 340 g/mol. The van der Waals surface area contributed by atoms with Crippen LogP contribution in [0.2, 0.25) is 0 Å². The van der Waals surface area contributed by atoms with Crippen LogP contribution in [0, 0.1) is 0 Å². The molecule has 114 valence electrons. The summed E-state index contributed by atoms with van der Waals surface area (Å²) in [5.41, 5.74) is -0.0750. The minimum Gasteiger partial charge on any atom is -0.489 e. The summed E-state index contributed by atoms with van der Waals surface area (Å²) in [6, 6.07) is 4.52. The molecular formula is C14H17BrN2O4. The molecule has 0 saturated carbocycles. The Morgan fingerprint density at radius 3 is 2.86 bits per heavy atom. The zero-order valence-corrected chi connectivity index (χ0v) is 13.6. The van der Waals surface area contributed by atoms with Gasteiger partial charge in [-0.2, -0.15) is 0 Å². The first-order valence-electron chi connectivity index (χ1n) is 6.48. The van der Waals surface area contributed by atoms with Crippen LogP contribution in [0.1, 0.15) is 20.8 Å². The number of hydrogen-bond donors (Lipinski definition) is 2. The van der Waals surface area contributed by atoms with Gasteiger partial charge in [0.05, 0.1) is 5.69 Å². The maximum atomic E-state index is 12.1. The molecule has 0 aromatic heterocycles. The number of alkyl carbamates (subject to hydrolysis) is 1. The van der Waals surface area contributed by atoms with Crippen LogP contribution < -0.4 is 15.4 Å². The minimum atomic E-state index is -0.820. The van der Waals surface area contributed by atoms with E-state index in [0.717, 1.165) is 0 Å². The Morgan fingerprint density at radius 1 is 1.48 bits per heavy atom. The predicted octanol–water partition coefficient (Wildman–Crippen LogP) is 2.67. The number of carbonyl (C=O) groups is 2. The SMILES string of the molecule is CC(C)(C)OC(=O)N[C@H]1COc2cccc(Br)c2NC1=O. The van der Waals surface area contributed by atoms with E-state index in [9.17, 15) is 9.59 Å². The van der Waals surface area contributed by atoms with E-state index in [1.807, 2.05) is 0 Å². The fraction of sp³-hybridized carbons (Fsp3) is 0.429. The number of hydrogen-bond acceptors (Lipinski definition) is 4. The number of anilines is 1. The van der Waals surface area contributed by atoms with Crippen molar-refractivity contribution in [1.82, 2.24) is 5.32 Å². The highest BCUT2D eigenvalue weighted by atomic mass is 79.9. The number of fused-ring (bicyclic) bond motifs is 1. The van der Waals surface area contributed by atoms with Crippen LogP contribution in [0.3, 0.4) is 0 Å². The quantitative estimate of drug-likeness (QED) is 0.810. The lowest BCUT2D eigenvalue weighted by Crippen LogP contribution is -2.48. The van der Waals surface area contributed by atoms with Gasteiger partial charge in [0.25, 0.3) is 5.91 Å². The van der Waals surface area contributed by atoms with Crippen molar-refractivity contribution in [1.29, 1.82) is 0 Å². The first-order chi connectivity index (χ1) is 9.76. The lowest BCUT2D eigenvalue weighted by Gasteiger charge is -2.22. The molecule has 1 aliphatic heterocycles. The summed E-state index contributed by atoms with van der Waals surface area (Å²) < 4.78 is 11.4. The number of halogens is 1. The molecule has 21 heavy (non-hydrogen) atoms. The molecule has 2 amide bonds. The molecule has 0 aliphatic carbocycles. The van der Waals surface area contributed by atoms with Gasteiger partial charge in [0.2, 0.25) is 0 Å². The Kier molecular flexibility index (Phi) is 4.41. The molecule has 0 bridgehead atoms. The second-order valence-corrected chi connectivity index (χ2v) is 6.47. The molecule has 0 fully saturated rings. The topological polar surface area (TPSA) is 76.7 Å². The summed E-state index contributed by atoms with van der Waals surface area (Å²) in [7, 11) is 0. The van der Waals surface area contributed by atoms with Crippen molar-refractivity contribution in [2.75, 3.05) is 11.9 Å². The van der Waals surface area contributed by atoms with Crippen molar-refractivity contribution in [2.24, 2.45) is 0 Å². The van der Waals surface area contributed by atoms with Gasteiger partial charge in [-0.15, -0.1) is 0 Å². The van der Waals surface area contributed by atoms with E-state index < -0.39 is 17.7 Å². The third kappa shape index (κ3) is 4.10. The number of amides is 2. The molecule has 0 spiro atoms. The van der Waals surface area contributed by atoms with Gasteiger partial charge in [0.15, 0.2) is 0 Å². The van der Waals surface area contributed by atoms with E-state index >= 15 is 0 Å². The fourth-order valence-corrected chi connectivity index (χ4v) is 2.21. The van der Waals surface area contributed by atoms with E-state index in [4.69, 9.17) is 9.47 Å². The average Bonchev–Trinajstić information content (AvgIpc) is 2.49. The van der Waals surface area contributed by atoms with Gasteiger partial charge < -0.3 is 20.1 Å². The van der Waals surface area contributed by atoms with Gasteiger partial charge in [-0.05, 0) is 48.8 Å². The predicted molar refractivity (Wildman–Crippen MR) is 81.4 cm³/mol. The Bertz CT molecular complexity index is 569. The van der Waals surface area contributed by atoms with Gasteiger partial charge >= 0.3 is 6.09 Å². The van der Waals surface area contributed by atoms with Crippen LogP contribution in [0.15, 0.2) is 22.7 Å². The van der Waals surface area contributed by atoms with Gasteiger partial charge in [-0.25, -0.2) is 4.79 Å². The number of nitrogens with one attached hydrogen (secondary N) is 2. The van der Waals surface area contributed by atoms with Crippen LogP contribution in [-0.2, 0) is 9.53 Å². The second-order valence-electron chi connectivity index (χ2n) is 5.61. The average molecular weight is 357 g/mol. The number of benzene rings is 1. The highest BCUT2D eigenvalue weighted by Crippen LogP contribution is 2.34. The Labute approximate surface area is 131 Å². The number of carbonyl (C=O) groups excluding carboxylic acids is 2. The Hall–Kier alpha value is -1.76. The van der Waals surface area contributed by atoms with E-state index in [2.05, 4.69) is 26.6 Å². The van der Waals surface area contributed by atoms with Crippen LogP contribution in [0.25, 0.3) is 0 Å². The molecule has 1 atom stereocenters. The summed E-state index contributed by atoms with van der Waals surface area (Å²) in [5.74, 6) is 0.192.